The number of carbonyl (C=O) groups is 1. The lowest BCUT2D eigenvalue weighted by atomic mass is 10.2. The Hall–Kier alpha value is -1.23. The lowest BCUT2D eigenvalue weighted by Crippen LogP contribution is -1.98. The number of esters is 1. The van der Waals surface area contributed by atoms with E-state index in [0.29, 0.717) is 6.61 Å². The highest BCUT2D eigenvalue weighted by atomic mass is 16.5. The Bertz CT molecular complexity index is 256. The molecule has 0 bridgehead atoms. The summed E-state index contributed by atoms with van der Waals surface area (Å²) in [7, 11) is 0. The Kier molecular flexibility index (Phi) is 10.9. The third-order valence-electron chi connectivity index (χ3n) is 2.05. The van der Waals surface area contributed by atoms with Gasteiger partial charge in [-0.25, -0.2) is 0 Å². The lowest BCUT2D eigenvalue weighted by molar-refractivity contribution is -0.140. The number of allylic oxidation sites excluding steroid dienone is 1. The first-order valence-electron chi connectivity index (χ1n) is 6.04. The first-order valence-corrected chi connectivity index (χ1v) is 6.04. The zero-order chi connectivity index (χ0) is 12.1. The van der Waals surface area contributed by atoms with Gasteiger partial charge in [-0.3, -0.25) is 4.79 Å². The molecule has 0 aliphatic heterocycles. The molecule has 0 radical (unpaired) electrons. The topological polar surface area (TPSA) is 26.3 Å². The van der Waals surface area contributed by atoms with E-state index < -0.39 is 0 Å². The average Bonchev–Trinajstić information content (AvgIpc) is 2.25. The highest BCUT2D eigenvalue weighted by Crippen LogP contribution is 2.00. The van der Waals surface area contributed by atoms with Crippen LogP contribution in [0, 0.1) is 11.8 Å². The van der Waals surface area contributed by atoms with Gasteiger partial charge < -0.3 is 4.74 Å². The molecular formula is C14H22O2. The van der Waals surface area contributed by atoms with Gasteiger partial charge in [0.05, 0.1) is 6.61 Å². The predicted molar refractivity (Wildman–Crippen MR) is 66.9 cm³/mol. The molecular weight excluding hydrogens is 200 g/mol. The van der Waals surface area contributed by atoms with Crippen molar-refractivity contribution in [3.63, 3.8) is 0 Å². The Morgan fingerprint density at radius 1 is 1.31 bits per heavy atom. The number of carbonyl (C=O) groups excluding carboxylic acids is 1. The van der Waals surface area contributed by atoms with Crippen molar-refractivity contribution in [3.8, 4) is 11.8 Å². The summed E-state index contributed by atoms with van der Waals surface area (Å²) in [4.78, 5) is 10.4. The minimum absolute atomic E-state index is 0.226. The molecule has 0 saturated carbocycles. The van der Waals surface area contributed by atoms with Crippen LogP contribution < -0.4 is 0 Å². The maximum atomic E-state index is 10.4. The zero-order valence-corrected chi connectivity index (χ0v) is 10.4. The molecule has 0 spiro atoms. The molecule has 0 saturated heterocycles. The molecule has 0 aromatic heterocycles. The minimum Gasteiger partial charge on any atom is -0.466 e. The molecule has 0 atom stereocenters. The number of hydrogen-bond donors (Lipinski definition) is 0. The molecule has 0 unspecified atom stereocenters. The van der Waals surface area contributed by atoms with Crippen molar-refractivity contribution in [3.05, 3.63) is 12.2 Å². The fraction of sp³-hybridized carbons (Fsp3) is 0.643. The minimum atomic E-state index is -0.226. The van der Waals surface area contributed by atoms with Crippen molar-refractivity contribution in [1.82, 2.24) is 0 Å². The van der Waals surface area contributed by atoms with Crippen molar-refractivity contribution >= 4 is 5.97 Å². The molecule has 90 valence electrons. The van der Waals surface area contributed by atoms with Crippen molar-refractivity contribution in [2.75, 3.05) is 6.61 Å². The van der Waals surface area contributed by atoms with Gasteiger partial charge in [-0.15, -0.1) is 0 Å². The van der Waals surface area contributed by atoms with Crippen molar-refractivity contribution in [2.24, 2.45) is 0 Å². The van der Waals surface area contributed by atoms with Crippen LogP contribution in [0.3, 0.4) is 0 Å². The summed E-state index contributed by atoms with van der Waals surface area (Å²) in [5, 5.41) is 0. The molecule has 0 fully saturated rings. The molecule has 16 heavy (non-hydrogen) atoms. The lowest BCUT2D eigenvalue weighted by Gasteiger charge is -1.95. The van der Waals surface area contributed by atoms with Crippen LogP contribution in [0.1, 0.15) is 52.4 Å². The maximum absolute atomic E-state index is 10.4. The van der Waals surface area contributed by atoms with Crippen molar-refractivity contribution in [2.45, 2.75) is 52.4 Å². The van der Waals surface area contributed by atoms with Crippen molar-refractivity contribution < 1.29 is 9.53 Å². The van der Waals surface area contributed by atoms with Gasteiger partial charge in [-0.1, -0.05) is 44.1 Å². The predicted octanol–water partition coefficient (Wildman–Crippen LogP) is 3.47. The van der Waals surface area contributed by atoms with Crippen LogP contribution in [0.5, 0.6) is 0 Å². The van der Waals surface area contributed by atoms with E-state index in [-0.39, 0.29) is 5.97 Å². The van der Waals surface area contributed by atoms with Crippen LogP contribution in [0.4, 0.5) is 0 Å². The van der Waals surface area contributed by atoms with Gasteiger partial charge in [-0.2, -0.15) is 0 Å². The molecule has 0 amide bonds. The van der Waals surface area contributed by atoms with E-state index in [1.807, 2.05) is 12.2 Å². The number of ether oxygens (including phenoxy) is 1. The fourth-order valence-corrected chi connectivity index (χ4v) is 1.18. The second-order valence-corrected chi connectivity index (χ2v) is 3.66. The summed E-state index contributed by atoms with van der Waals surface area (Å²) in [5.41, 5.74) is 0. The second kappa shape index (κ2) is 11.8. The fourth-order valence-electron chi connectivity index (χ4n) is 1.18. The first kappa shape index (κ1) is 14.8. The van der Waals surface area contributed by atoms with E-state index in [0.717, 1.165) is 12.8 Å². The van der Waals surface area contributed by atoms with E-state index in [2.05, 4.69) is 18.8 Å². The SMILES string of the molecule is CCCCCCC#C/C=C/CCOC(C)=O. The summed E-state index contributed by atoms with van der Waals surface area (Å²) < 4.78 is 4.78. The highest BCUT2D eigenvalue weighted by molar-refractivity contribution is 5.65. The smallest absolute Gasteiger partial charge is 0.302 e. The summed E-state index contributed by atoms with van der Waals surface area (Å²) in [5.74, 6) is 5.85. The number of hydrogen-bond acceptors (Lipinski definition) is 2. The van der Waals surface area contributed by atoms with Gasteiger partial charge in [0.25, 0.3) is 0 Å². The van der Waals surface area contributed by atoms with Gasteiger partial charge in [-0.05, 0) is 12.5 Å². The molecule has 2 heteroatoms. The quantitative estimate of drug-likeness (QED) is 0.374. The van der Waals surface area contributed by atoms with Gasteiger partial charge in [0.1, 0.15) is 0 Å². The van der Waals surface area contributed by atoms with Crippen molar-refractivity contribution in [1.29, 1.82) is 0 Å². The van der Waals surface area contributed by atoms with Crippen LogP contribution >= 0.6 is 0 Å². The van der Waals surface area contributed by atoms with Crippen LogP contribution in [-0.2, 0) is 9.53 Å². The molecule has 0 rings (SSSR count). The van der Waals surface area contributed by atoms with Crippen LogP contribution in [-0.4, -0.2) is 12.6 Å². The normalized spacial score (nSPS) is 9.88. The van der Waals surface area contributed by atoms with Crippen LogP contribution in [0.2, 0.25) is 0 Å². The van der Waals surface area contributed by atoms with E-state index in [1.54, 1.807) is 0 Å². The van der Waals surface area contributed by atoms with Gasteiger partial charge in [0.2, 0.25) is 0 Å². The first-order chi connectivity index (χ1) is 7.77. The largest absolute Gasteiger partial charge is 0.466 e. The summed E-state index contributed by atoms with van der Waals surface area (Å²) in [6.07, 6.45) is 10.5. The standard InChI is InChI=1S/C14H22O2/c1-3-4-5-6-7-8-9-10-11-12-13-16-14(2)15/h10-11H,3-7,12-13H2,1-2H3/b11-10+. The summed E-state index contributed by atoms with van der Waals surface area (Å²) >= 11 is 0. The maximum Gasteiger partial charge on any atom is 0.302 e. The molecule has 0 N–H and O–H groups in total. The van der Waals surface area contributed by atoms with Gasteiger partial charge >= 0.3 is 5.97 Å². The molecule has 0 aliphatic rings. The summed E-state index contributed by atoms with van der Waals surface area (Å²) in [6, 6.07) is 0. The third-order valence-corrected chi connectivity index (χ3v) is 2.05. The Morgan fingerprint density at radius 2 is 2.12 bits per heavy atom. The Morgan fingerprint density at radius 3 is 2.81 bits per heavy atom. The number of rotatable bonds is 7. The Labute approximate surface area is 99.1 Å². The van der Waals surface area contributed by atoms with E-state index in [4.69, 9.17) is 4.74 Å². The molecule has 0 aliphatic carbocycles. The van der Waals surface area contributed by atoms with Gasteiger partial charge in [0, 0.05) is 19.8 Å². The monoisotopic (exact) mass is 222 g/mol. The molecule has 2 nitrogen and oxygen atoms in total. The second-order valence-electron chi connectivity index (χ2n) is 3.66. The molecule has 0 aromatic carbocycles. The third kappa shape index (κ3) is 12.8. The van der Waals surface area contributed by atoms with E-state index in [1.165, 1.54) is 32.6 Å². The van der Waals surface area contributed by atoms with Gasteiger partial charge in [0.15, 0.2) is 0 Å². The zero-order valence-electron chi connectivity index (χ0n) is 10.4. The van der Waals surface area contributed by atoms with E-state index in [9.17, 15) is 4.79 Å². The Balaban J connectivity index is 3.31. The molecule has 0 aromatic rings. The molecule has 0 heterocycles. The van der Waals surface area contributed by atoms with E-state index >= 15 is 0 Å². The van der Waals surface area contributed by atoms with Crippen LogP contribution in [0.15, 0.2) is 12.2 Å². The summed E-state index contributed by atoms with van der Waals surface area (Å²) in [6.45, 7) is 4.07. The highest BCUT2D eigenvalue weighted by Gasteiger charge is 1.87. The number of unbranched alkanes of at least 4 members (excludes halogenated alkanes) is 4. The van der Waals surface area contributed by atoms with Crippen LogP contribution in [0.25, 0.3) is 0 Å². The average molecular weight is 222 g/mol.